The molecule has 5 nitrogen and oxygen atoms in total. The summed E-state index contributed by atoms with van der Waals surface area (Å²) in [6, 6.07) is 1.97. The highest BCUT2D eigenvalue weighted by Gasteiger charge is 2.37. The first-order chi connectivity index (χ1) is 11.2. The minimum absolute atomic E-state index is 0.214. The van der Waals surface area contributed by atoms with E-state index < -0.39 is 5.79 Å². The summed E-state index contributed by atoms with van der Waals surface area (Å²) in [4.78, 5) is 13.1. The van der Waals surface area contributed by atoms with E-state index in [9.17, 15) is 4.79 Å². The van der Waals surface area contributed by atoms with Crippen molar-refractivity contribution in [3.63, 3.8) is 0 Å². The average molecular weight is 330 g/mol. The van der Waals surface area contributed by atoms with Gasteiger partial charge in [-0.2, -0.15) is 0 Å². The lowest BCUT2D eigenvalue weighted by Gasteiger charge is -2.16. The van der Waals surface area contributed by atoms with Crippen LogP contribution in [0.3, 0.4) is 0 Å². The summed E-state index contributed by atoms with van der Waals surface area (Å²) in [5.41, 5.74) is 2.41. The van der Waals surface area contributed by atoms with Gasteiger partial charge in [0.15, 0.2) is 17.2 Å². The molecular weight excluding hydrogens is 308 g/mol. The third kappa shape index (κ3) is 2.19. The highest BCUT2D eigenvalue weighted by molar-refractivity contribution is 5.97. The van der Waals surface area contributed by atoms with Crippen molar-refractivity contribution in [2.45, 2.75) is 40.4 Å². The molecule has 1 heterocycles. The Morgan fingerprint density at radius 3 is 2.08 bits per heavy atom. The Kier molecular flexibility index (Phi) is 3.62. The van der Waals surface area contributed by atoms with Gasteiger partial charge in [-0.25, -0.2) is 0 Å². The van der Waals surface area contributed by atoms with Crippen LogP contribution >= 0.6 is 0 Å². The van der Waals surface area contributed by atoms with E-state index in [1.165, 1.54) is 14.2 Å². The Hall–Kier alpha value is -2.43. The van der Waals surface area contributed by atoms with E-state index in [1.54, 1.807) is 0 Å². The number of fused-ring (bicyclic) bond motifs is 2. The third-order valence-corrected chi connectivity index (χ3v) is 4.48. The number of aryl methyl sites for hydroxylation is 2. The number of rotatable bonds is 2. The van der Waals surface area contributed by atoms with Crippen molar-refractivity contribution in [2.75, 3.05) is 14.2 Å². The maximum atomic E-state index is 13.1. The van der Waals surface area contributed by atoms with Gasteiger partial charge in [0.25, 0.3) is 0 Å². The van der Waals surface area contributed by atoms with Crippen LogP contribution in [0, 0.1) is 20.8 Å². The number of ether oxygens (including phenoxy) is 4. The van der Waals surface area contributed by atoms with E-state index in [0.717, 1.165) is 22.1 Å². The minimum atomic E-state index is -0.808. The fourth-order valence-corrected chi connectivity index (χ4v) is 3.18. The van der Waals surface area contributed by atoms with Gasteiger partial charge in [0, 0.05) is 19.4 Å². The first kappa shape index (κ1) is 16.4. The van der Waals surface area contributed by atoms with Gasteiger partial charge in [-0.1, -0.05) is 6.07 Å². The molecule has 0 N–H and O–H groups in total. The fraction of sp³-hybridized carbons (Fsp3) is 0.421. The van der Waals surface area contributed by atoms with Crippen molar-refractivity contribution in [3.8, 4) is 23.0 Å². The monoisotopic (exact) mass is 330 g/mol. The highest BCUT2D eigenvalue weighted by atomic mass is 16.7. The molecule has 0 saturated heterocycles. The largest absolute Gasteiger partial charge is 0.492 e. The fourth-order valence-electron chi connectivity index (χ4n) is 3.18. The molecule has 0 spiro atoms. The molecule has 0 atom stereocenters. The second-order valence-corrected chi connectivity index (χ2v) is 6.52. The highest BCUT2D eigenvalue weighted by Crippen LogP contribution is 2.51. The number of benzene rings is 1. The van der Waals surface area contributed by atoms with Crippen molar-refractivity contribution >= 4 is 10.8 Å². The second kappa shape index (κ2) is 5.30. The maximum absolute atomic E-state index is 13.1. The summed E-state index contributed by atoms with van der Waals surface area (Å²) in [6.07, 6.45) is 0. The molecule has 0 aromatic heterocycles. The van der Waals surface area contributed by atoms with Crippen molar-refractivity contribution < 1.29 is 18.9 Å². The first-order valence-electron chi connectivity index (χ1n) is 7.82. The summed E-state index contributed by atoms with van der Waals surface area (Å²) in [5.74, 6) is 0.977. The lowest BCUT2D eigenvalue weighted by molar-refractivity contribution is -0.0441. The average Bonchev–Trinajstić information content (AvgIpc) is 2.80. The van der Waals surface area contributed by atoms with Crippen LogP contribution in [0.5, 0.6) is 23.0 Å². The predicted molar refractivity (Wildman–Crippen MR) is 92.9 cm³/mol. The zero-order valence-corrected chi connectivity index (χ0v) is 15.1. The molecule has 5 heteroatoms. The summed E-state index contributed by atoms with van der Waals surface area (Å²) in [5, 5.41) is 1.23. The van der Waals surface area contributed by atoms with Crippen molar-refractivity contribution in [1.82, 2.24) is 0 Å². The van der Waals surface area contributed by atoms with Gasteiger partial charge in [-0.05, 0) is 37.3 Å². The van der Waals surface area contributed by atoms with Crippen LogP contribution in [0.1, 0.15) is 30.5 Å². The van der Waals surface area contributed by atoms with E-state index in [0.29, 0.717) is 28.4 Å². The number of hydrogen-bond acceptors (Lipinski definition) is 5. The molecule has 0 amide bonds. The molecule has 0 aliphatic carbocycles. The molecule has 0 bridgehead atoms. The van der Waals surface area contributed by atoms with Crippen LogP contribution in [0.2, 0.25) is 0 Å². The maximum Gasteiger partial charge on any atom is 0.246 e. The molecule has 0 saturated carbocycles. The van der Waals surface area contributed by atoms with Gasteiger partial charge in [0.05, 0.1) is 19.6 Å². The summed E-state index contributed by atoms with van der Waals surface area (Å²) < 4.78 is 22.8. The standard InChI is InChI=1S/C19H22O5/c1-9-8-12-11(3)16-18(24-19(4,5)23-16)17(22-7)13(12)14(20)15(21-6)10(9)2/h8H,1-7H3. The minimum Gasteiger partial charge on any atom is -0.492 e. The van der Waals surface area contributed by atoms with Crippen LogP contribution in [0.25, 0.3) is 10.8 Å². The Morgan fingerprint density at radius 1 is 0.917 bits per heavy atom. The van der Waals surface area contributed by atoms with E-state index >= 15 is 0 Å². The van der Waals surface area contributed by atoms with Crippen LogP contribution in [-0.4, -0.2) is 20.0 Å². The van der Waals surface area contributed by atoms with E-state index in [1.807, 2.05) is 40.7 Å². The lowest BCUT2D eigenvalue weighted by atomic mass is 10.0. The molecule has 2 aromatic carbocycles. The Balaban J connectivity index is 2.60. The molecule has 128 valence electrons. The predicted octanol–water partition coefficient (Wildman–Crippen LogP) is 3.65. The SMILES string of the molecule is COc1c(C)c(C)cc2c(C)c3c(c(OC)c2c1=O)OC(C)(C)O3. The summed E-state index contributed by atoms with van der Waals surface area (Å²) in [6.45, 7) is 9.40. The van der Waals surface area contributed by atoms with E-state index in [-0.39, 0.29) is 5.43 Å². The molecule has 3 rings (SSSR count). The first-order valence-corrected chi connectivity index (χ1v) is 7.82. The Morgan fingerprint density at radius 2 is 1.50 bits per heavy atom. The molecule has 24 heavy (non-hydrogen) atoms. The Bertz CT molecular complexity index is 912. The lowest BCUT2D eigenvalue weighted by Crippen LogP contribution is -2.29. The van der Waals surface area contributed by atoms with Gasteiger partial charge in [0.1, 0.15) is 0 Å². The zero-order valence-electron chi connectivity index (χ0n) is 15.1. The molecule has 0 fully saturated rings. The van der Waals surface area contributed by atoms with Gasteiger partial charge in [-0.3, -0.25) is 4.79 Å². The van der Waals surface area contributed by atoms with E-state index in [2.05, 4.69) is 0 Å². The van der Waals surface area contributed by atoms with Gasteiger partial charge < -0.3 is 18.9 Å². The van der Waals surface area contributed by atoms with Crippen LogP contribution in [0.15, 0.2) is 10.9 Å². The Labute approximate surface area is 141 Å². The zero-order chi connectivity index (χ0) is 17.8. The van der Waals surface area contributed by atoms with Crippen LogP contribution in [0.4, 0.5) is 0 Å². The van der Waals surface area contributed by atoms with Crippen molar-refractivity contribution in [1.29, 1.82) is 0 Å². The topological polar surface area (TPSA) is 54.0 Å². The third-order valence-electron chi connectivity index (χ3n) is 4.48. The normalized spacial score (nSPS) is 14.8. The molecular formula is C19H22O5. The second-order valence-electron chi connectivity index (χ2n) is 6.52. The van der Waals surface area contributed by atoms with Gasteiger partial charge in [0.2, 0.25) is 17.0 Å². The van der Waals surface area contributed by atoms with Gasteiger partial charge >= 0.3 is 0 Å². The molecule has 0 unspecified atom stereocenters. The van der Waals surface area contributed by atoms with Crippen LogP contribution in [-0.2, 0) is 0 Å². The number of hydrogen-bond donors (Lipinski definition) is 0. The molecule has 0 radical (unpaired) electrons. The molecule has 1 aliphatic heterocycles. The summed E-state index contributed by atoms with van der Waals surface area (Å²) >= 11 is 0. The van der Waals surface area contributed by atoms with E-state index in [4.69, 9.17) is 18.9 Å². The number of methoxy groups -OCH3 is 2. The van der Waals surface area contributed by atoms with Gasteiger partial charge in [-0.15, -0.1) is 0 Å². The summed E-state index contributed by atoms with van der Waals surface area (Å²) in [7, 11) is 3.03. The smallest absolute Gasteiger partial charge is 0.246 e. The quantitative estimate of drug-likeness (QED) is 0.841. The molecule has 1 aliphatic rings. The van der Waals surface area contributed by atoms with Crippen molar-refractivity contribution in [2.24, 2.45) is 0 Å². The molecule has 2 aromatic rings. The van der Waals surface area contributed by atoms with Crippen molar-refractivity contribution in [3.05, 3.63) is 33.0 Å². The van der Waals surface area contributed by atoms with Crippen LogP contribution < -0.4 is 24.4 Å².